The van der Waals surface area contributed by atoms with Crippen LogP contribution in [0.15, 0.2) is 12.4 Å². The van der Waals surface area contributed by atoms with Crippen LogP contribution in [0.4, 0.5) is 0 Å². The molecule has 1 atom stereocenters. The number of amides is 1. The quantitative estimate of drug-likeness (QED) is 0.860. The van der Waals surface area contributed by atoms with Gasteiger partial charge in [-0.05, 0) is 13.8 Å². The van der Waals surface area contributed by atoms with E-state index >= 15 is 0 Å². The van der Waals surface area contributed by atoms with E-state index in [9.17, 15) is 4.79 Å². The molecular formula is C13H16N6O2. The molecule has 0 aliphatic carbocycles. The van der Waals surface area contributed by atoms with Crippen LogP contribution in [0.3, 0.4) is 0 Å². The molecule has 1 N–H and O–H groups in total. The Labute approximate surface area is 121 Å². The number of carbonyl (C=O) groups excluding carboxylic acids is 1. The van der Waals surface area contributed by atoms with Gasteiger partial charge < -0.3 is 9.64 Å². The maximum atomic E-state index is 12.4. The number of morpholine rings is 1. The summed E-state index contributed by atoms with van der Waals surface area (Å²) in [6.07, 6.45) is 2.77. The second-order valence-corrected chi connectivity index (χ2v) is 4.93. The minimum absolute atomic E-state index is 0.150. The van der Waals surface area contributed by atoms with E-state index in [0.29, 0.717) is 31.2 Å². The molecule has 8 nitrogen and oxygen atoms in total. The van der Waals surface area contributed by atoms with Gasteiger partial charge in [-0.15, -0.1) is 0 Å². The van der Waals surface area contributed by atoms with E-state index in [2.05, 4.69) is 25.1 Å². The van der Waals surface area contributed by atoms with Gasteiger partial charge in [0.05, 0.1) is 25.0 Å². The van der Waals surface area contributed by atoms with Crippen LogP contribution in [-0.4, -0.2) is 55.7 Å². The summed E-state index contributed by atoms with van der Waals surface area (Å²) in [6, 6.07) is 0. The number of nitrogens with one attached hydrogen (secondary N) is 1. The SMILES string of the molecule is Cc1cnc(C(=O)N2CCOC(c3n[nH]c(C)n3)C2)cn1. The summed E-state index contributed by atoms with van der Waals surface area (Å²) in [5, 5.41) is 6.87. The van der Waals surface area contributed by atoms with Crippen LogP contribution < -0.4 is 0 Å². The molecule has 1 aliphatic heterocycles. The first-order chi connectivity index (χ1) is 10.1. The van der Waals surface area contributed by atoms with E-state index < -0.39 is 0 Å². The standard InChI is InChI=1S/C13H16N6O2/c1-8-5-15-10(6-14-8)13(20)19-3-4-21-11(7-19)12-16-9(2)17-18-12/h5-6,11H,3-4,7H2,1-2H3,(H,16,17,18). The zero-order valence-electron chi connectivity index (χ0n) is 11.9. The molecule has 1 unspecified atom stereocenters. The highest BCUT2D eigenvalue weighted by Gasteiger charge is 2.29. The van der Waals surface area contributed by atoms with Crippen LogP contribution in [0, 0.1) is 13.8 Å². The van der Waals surface area contributed by atoms with Gasteiger partial charge in [-0.2, -0.15) is 5.10 Å². The number of rotatable bonds is 2. The highest BCUT2D eigenvalue weighted by atomic mass is 16.5. The lowest BCUT2D eigenvalue weighted by Gasteiger charge is -2.31. The lowest BCUT2D eigenvalue weighted by Crippen LogP contribution is -2.42. The highest BCUT2D eigenvalue weighted by molar-refractivity contribution is 5.92. The number of aromatic amines is 1. The van der Waals surface area contributed by atoms with Gasteiger partial charge in [0, 0.05) is 12.7 Å². The minimum Gasteiger partial charge on any atom is -0.366 e. The van der Waals surface area contributed by atoms with E-state index in [4.69, 9.17) is 4.74 Å². The number of aromatic nitrogens is 5. The van der Waals surface area contributed by atoms with E-state index in [1.165, 1.54) is 6.20 Å². The Morgan fingerprint density at radius 3 is 2.90 bits per heavy atom. The van der Waals surface area contributed by atoms with Crippen LogP contribution in [-0.2, 0) is 4.74 Å². The molecule has 2 aromatic rings. The Hall–Kier alpha value is -2.35. The second-order valence-electron chi connectivity index (χ2n) is 4.93. The third-order valence-corrected chi connectivity index (χ3v) is 3.26. The molecule has 0 bridgehead atoms. The highest BCUT2D eigenvalue weighted by Crippen LogP contribution is 2.20. The summed E-state index contributed by atoms with van der Waals surface area (Å²) in [5.41, 5.74) is 1.12. The van der Waals surface area contributed by atoms with Crippen molar-refractivity contribution in [3.05, 3.63) is 35.4 Å². The second kappa shape index (κ2) is 5.57. The van der Waals surface area contributed by atoms with Crippen molar-refractivity contribution in [3.63, 3.8) is 0 Å². The van der Waals surface area contributed by atoms with E-state index in [0.717, 1.165) is 11.5 Å². The average Bonchev–Trinajstić information content (AvgIpc) is 2.94. The third kappa shape index (κ3) is 2.89. The summed E-state index contributed by atoms with van der Waals surface area (Å²) in [5.74, 6) is 1.14. The van der Waals surface area contributed by atoms with Crippen molar-refractivity contribution in [1.82, 2.24) is 30.0 Å². The molecule has 0 aromatic carbocycles. The van der Waals surface area contributed by atoms with Crippen molar-refractivity contribution in [3.8, 4) is 0 Å². The molecule has 3 rings (SSSR count). The first-order valence-corrected chi connectivity index (χ1v) is 6.72. The number of carbonyl (C=O) groups is 1. The van der Waals surface area contributed by atoms with Crippen LogP contribution in [0.1, 0.15) is 33.9 Å². The maximum Gasteiger partial charge on any atom is 0.274 e. The van der Waals surface area contributed by atoms with E-state index in [-0.39, 0.29) is 12.0 Å². The number of aryl methyl sites for hydroxylation is 2. The summed E-state index contributed by atoms with van der Waals surface area (Å²) < 4.78 is 5.64. The molecule has 2 aromatic heterocycles. The lowest BCUT2D eigenvalue weighted by molar-refractivity contribution is -0.0268. The van der Waals surface area contributed by atoms with Gasteiger partial charge in [0.2, 0.25) is 0 Å². The summed E-state index contributed by atoms with van der Waals surface area (Å²) >= 11 is 0. The summed E-state index contributed by atoms with van der Waals surface area (Å²) in [4.78, 5) is 26.6. The van der Waals surface area contributed by atoms with Gasteiger partial charge in [-0.3, -0.25) is 14.9 Å². The maximum absolute atomic E-state index is 12.4. The van der Waals surface area contributed by atoms with Gasteiger partial charge in [0.15, 0.2) is 5.82 Å². The van der Waals surface area contributed by atoms with Gasteiger partial charge in [-0.25, -0.2) is 9.97 Å². The molecule has 21 heavy (non-hydrogen) atoms. The first kappa shape index (κ1) is 13.6. The molecule has 1 amide bonds. The monoisotopic (exact) mass is 288 g/mol. The van der Waals surface area contributed by atoms with Crippen LogP contribution in [0.5, 0.6) is 0 Å². The number of ether oxygens (including phenoxy) is 1. The number of H-pyrrole nitrogens is 1. The van der Waals surface area contributed by atoms with Crippen molar-refractivity contribution in [2.45, 2.75) is 20.0 Å². The predicted octanol–water partition coefficient (Wildman–Crippen LogP) is 0.425. The Morgan fingerprint density at radius 1 is 1.38 bits per heavy atom. The number of hydrogen-bond acceptors (Lipinski definition) is 6. The Kier molecular flexibility index (Phi) is 3.61. The topological polar surface area (TPSA) is 96.9 Å². The van der Waals surface area contributed by atoms with Gasteiger partial charge in [0.25, 0.3) is 5.91 Å². The zero-order chi connectivity index (χ0) is 14.8. The largest absolute Gasteiger partial charge is 0.366 e. The third-order valence-electron chi connectivity index (χ3n) is 3.26. The molecule has 0 spiro atoms. The molecule has 110 valence electrons. The molecule has 3 heterocycles. The van der Waals surface area contributed by atoms with E-state index in [1.807, 2.05) is 13.8 Å². The fourth-order valence-corrected chi connectivity index (χ4v) is 2.16. The molecule has 8 heteroatoms. The Balaban J connectivity index is 1.73. The van der Waals surface area contributed by atoms with Crippen molar-refractivity contribution in [2.75, 3.05) is 19.7 Å². The normalized spacial score (nSPS) is 18.8. The molecule has 1 fully saturated rings. The predicted molar refractivity (Wildman–Crippen MR) is 72.5 cm³/mol. The van der Waals surface area contributed by atoms with Crippen molar-refractivity contribution in [1.29, 1.82) is 0 Å². The number of nitrogens with zero attached hydrogens (tertiary/aromatic N) is 5. The molecule has 0 radical (unpaired) electrons. The molecule has 0 saturated carbocycles. The fraction of sp³-hybridized carbons (Fsp3) is 0.462. The Bertz CT molecular complexity index is 638. The molecule has 1 aliphatic rings. The van der Waals surface area contributed by atoms with Crippen LogP contribution in [0.2, 0.25) is 0 Å². The van der Waals surface area contributed by atoms with Gasteiger partial charge in [-0.1, -0.05) is 0 Å². The van der Waals surface area contributed by atoms with Crippen molar-refractivity contribution < 1.29 is 9.53 Å². The lowest BCUT2D eigenvalue weighted by atomic mass is 10.2. The summed E-state index contributed by atoms with van der Waals surface area (Å²) in [7, 11) is 0. The van der Waals surface area contributed by atoms with Crippen molar-refractivity contribution in [2.24, 2.45) is 0 Å². The van der Waals surface area contributed by atoms with Crippen LogP contribution >= 0.6 is 0 Å². The van der Waals surface area contributed by atoms with Crippen molar-refractivity contribution >= 4 is 5.91 Å². The van der Waals surface area contributed by atoms with Gasteiger partial charge >= 0.3 is 0 Å². The number of hydrogen-bond donors (Lipinski definition) is 1. The fourth-order valence-electron chi connectivity index (χ4n) is 2.16. The van der Waals surface area contributed by atoms with Gasteiger partial charge in [0.1, 0.15) is 17.6 Å². The summed E-state index contributed by atoms with van der Waals surface area (Å²) in [6.45, 7) is 5.03. The Morgan fingerprint density at radius 2 is 2.24 bits per heavy atom. The minimum atomic E-state index is -0.314. The molecule has 1 saturated heterocycles. The molecular weight excluding hydrogens is 272 g/mol. The zero-order valence-corrected chi connectivity index (χ0v) is 11.9. The van der Waals surface area contributed by atoms with Crippen LogP contribution in [0.25, 0.3) is 0 Å². The smallest absolute Gasteiger partial charge is 0.274 e. The first-order valence-electron chi connectivity index (χ1n) is 6.72. The average molecular weight is 288 g/mol. The van der Waals surface area contributed by atoms with E-state index in [1.54, 1.807) is 11.1 Å².